The maximum Gasteiger partial charge on any atom is 0.170 e. The monoisotopic (exact) mass is 556 g/mol. The molecule has 0 saturated carbocycles. The van der Waals surface area contributed by atoms with Crippen LogP contribution in [0.25, 0.3) is 0 Å². The molecule has 0 fully saturated rings. The minimum atomic E-state index is -0.573. The van der Waals surface area contributed by atoms with Gasteiger partial charge in [0.15, 0.2) is 5.78 Å². The first-order chi connectivity index (χ1) is 19.6. The van der Waals surface area contributed by atoms with Gasteiger partial charge in [-0.1, -0.05) is 50.2 Å². The van der Waals surface area contributed by atoms with Gasteiger partial charge in [0.05, 0.1) is 7.11 Å². The van der Waals surface area contributed by atoms with Crippen LogP contribution in [0, 0.1) is 11.8 Å². The summed E-state index contributed by atoms with van der Waals surface area (Å²) in [6.45, 7) is 4.06. The molecule has 0 aliphatic rings. The predicted octanol–water partition coefficient (Wildman–Crippen LogP) is 6.69. The van der Waals surface area contributed by atoms with Crippen molar-refractivity contribution in [1.82, 2.24) is 0 Å². The van der Waals surface area contributed by atoms with Gasteiger partial charge in [-0.15, -0.1) is 0 Å². The molecule has 0 aromatic heterocycles. The highest BCUT2D eigenvalue weighted by atomic mass is 16.5. The molecule has 0 radical (unpaired) electrons. The predicted molar refractivity (Wildman–Crippen MR) is 157 cm³/mol. The van der Waals surface area contributed by atoms with E-state index in [9.17, 15) is 30.3 Å². The second-order valence-corrected chi connectivity index (χ2v) is 10.6. The third-order valence-electron chi connectivity index (χ3n) is 7.86. The minimum absolute atomic E-state index is 0.0279. The summed E-state index contributed by atoms with van der Waals surface area (Å²) in [5, 5.41) is 52.8. The van der Waals surface area contributed by atoms with Gasteiger partial charge >= 0.3 is 0 Å². The van der Waals surface area contributed by atoms with Gasteiger partial charge in [0.1, 0.15) is 40.1 Å². The Balaban J connectivity index is 1.70. The van der Waals surface area contributed by atoms with E-state index in [0.717, 1.165) is 22.8 Å². The standard InChI is InChI=1S/C34H36O7/c1-20(18-23-4-11-25(35)12-5-23)21(2)31(24-9-13-26(36)14-10-24)33-30(39)19-29(38)32(34(33)40)28(37)17-8-22-6-15-27(41-3)16-7-22/h4-7,9-16,19-21,31,35-36,38-40H,8,17-18H2,1-3H3/t20-,21+,31-/m0/s1. The van der Waals surface area contributed by atoms with E-state index in [0.29, 0.717) is 18.6 Å². The Hall–Kier alpha value is -4.65. The summed E-state index contributed by atoms with van der Waals surface area (Å²) < 4.78 is 5.18. The van der Waals surface area contributed by atoms with Gasteiger partial charge in [0, 0.05) is 24.0 Å². The SMILES string of the molecule is COc1ccc(CCC(=O)c2c(O)cc(O)c([C@H](c3ccc(O)cc3)[C@H](C)[C@@H](C)Cc3ccc(O)cc3)c2O)cc1. The molecule has 5 N–H and O–H groups in total. The zero-order valence-electron chi connectivity index (χ0n) is 23.4. The molecule has 0 unspecified atom stereocenters. The van der Waals surface area contributed by atoms with Crippen molar-refractivity contribution in [2.75, 3.05) is 7.11 Å². The van der Waals surface area contributed by atoms with Gasteiger partial charge < -0.3 is 30.3 Å². The van der Waals surface area contributed by atoms with Gasteiger partial charge in [-0.05, 0) is 77.8 Å². The molecular weight excluding hydrogens is 520 g/mol. The van der Waals surface area contributed by atoms with Gasteiger partial charge in [0.25, 0.3) is 0 Å². The molecular formula is C34H36O7. The summed E-state index contributed by atoms with van der Waals surface area (Å²) in [4.78, 5) is 13.3. The lowest BCUT2D eigenvalue weighted by Gasteiger charge is -2.31. The number of carbonyl (C=O) groups excluding carboxylic acids is 1. The van der Waals surface area contributed by atoms with Crippen LogP contribution in [0.3, 0.4) is 0 Å². The first kappa shape index (κ1) is 29.3. The molecule has 0 aliphatic heterocycles. The Morgan fingerprint density at radius 1 is 0.756 bits per heavy atom. The largest absolute Gasteiger partial charge is 0.508 e. The highest BCUT2D eigenvalue weighted by Gasteiger charge is 2.33. The summed E-state index contributed by atoms with van der Waals surface area (Å²) in [5.41, 5.74) is 2.55. The van der Waals surface area contributed by atoms with Gasteiger partial charge in [-0.2, -0.15) is 0 Å². The number of phenolic OH excluding ortho intramolecular Hbond substituents is 5. The van der Waals surface area contributed by atoms with Crippen molar-refractivity contribution in [2.24, 2.45) is 11.8 Å². The third kappa shape index (κ3) is 6.74. The molecule has 0 heterocycles. The van der Waals surface area contributed by atoms with Crippen LogP contribution in [0.4, 0.5) is 0 Å². The average Bonchev–Trinajstić information content (AvgIpc) is 2.95. The molecule has 0 spiro atoms. The molecule has 214 valence electrons. The summed E-state index contributed by atoms with van der Waals surface area (Å²) in [7, 11) is 1.58. The molecule has 4 rings (SSSR count). The van der Waals surface area contributed by atoms with E-state index in [-0.39, 0.29) is 46.6 Å². The van der Waals surface area contributed by atoms with Crippen molar-refractivity contribution in [3.05, 3.63) is 107 Å². The van der Waals surface area contributed by atoms with Gasteiger partial charge in [0.2, 0.25) is 0 Å². The summed E-state index contributed by atoms with van der Waals surface area (Å²) >= 11 is 0. The lowest BCUT2D eigenvalue weighted by atomic mass is 9.73. The average molecular weight is 557 g/mol. The number of methoxy groups -OCH3 is 1. The quantitative estimate of drug-likeness (QED) is 0.130. The fraction of sp³-hybridized carbons (Fsp3) is 0.265. The van der Waals surface area contributed by atoms with E-state index in [1.165, 1.54) is 12.1 Å². The Bertz CT molecular complexity index is 1480. The molecule has 7 nitrogen and oxygen atoms in total. The highest BCUT2D eigenvalue weighted by Crippen LogP contribution is 2.49. The molecule has 4 aromatic rings. The maximum absolute atomic E-state index is 13.3. The van der Waals surface area contributed by atoms with Crippen LogP contribution in [0.2, 0.25) is 0 Å². The lowest BCUT2D eigenvalue weighted by molar-refractivity contribution is 0.0977. The van der Waals surface area contributed by atoms with Crippen molar-refractivity contribution in [1.29, 1.82) is 0 Å². The molecule has 0 saturated heterocycles. The van der Waals surface area contributed by atoms with E-state index in [1.807, 2.05) is 31.2 Å². The molecule has 41 heavy (non-hydrogen) atoms. The number of Topliss-reactive ketones (excluding diaryl/α,β-unsaturated/α-hetero) is 1. The Labute approximate surface area is 239 Å². The number of phenols is 5. The minimum Gasteiger partial charge on any atom is -0.508 e. The van der Waals surface area contributed by atoms with E-state index in [1.54, 1.807) is 43.5 Å². The lowest BCUT2D eigenvalue weighted by Crippen LogP contribution is -2.21. The second kappa shape index (κ2) is 12.7. The van der Waals surface area contributed by atoms with Crippen LogP contribution < -0.4 is 4.74 Å². The van der Waals surface area contributed by atoms with Crippen molar-refractivity contribution in [2.45, 2.75) is 39.0 Å². The van der Waals surface area contributed by atoms with Crippen molar-refractivity contribution < 1.29 is 35.1 Å². The van der Waals surface area contributed by atoms with Crippen LogP contribution in [0.5, 0.6) is 34.5 Å². The van der Waals surface area contributed by atoms with Gasteiger partial charge in [-0.3, -0.25) is 4.79 Å². The number of ether oxygens (including phenoxy) is 1. The highest BCUT2D eigenvalue weighted by molar-refractivity contribution is 6.02. The zero-order valence-corrected chi connectivity index (χ0v) is 23.4. The van der Waals surface area contributed by atoms with Crippen LogP contribution in [0.1, 0.15) is 58.8 Å². The Morgan fingerprint density at radius 2 is 1.32 bits per heavy atom. The molecule has 0 bridgehead atoms. The Kier molecular flexibility index (Phi) is 9.07. The van der Waals surface area contributed by atoms with E-state index in [4.69, 9.17) is 4.74 Å². The fourth-order valence-electron chi connectivity index (χ4n) is 5.35. The molecule has 0 aliphatic carbocycles. The molecule has 0 amide bonds. The maximum atomic E-state index is 13.3. The van der Waals surface area contributed by atoms with Crippen molar-refractivity contribution >= 4 is 5.78 Å². The first-order valence-electron chi connectivity index (χ1n) is 13.6. The van der Waals surface area contributed by atoms with E-state index in [2.05, 4.69) is 6.92 Å². The Morgan fingerprint density at radius 3 is 1.90 bits per heavy atom. The number of benzene rings is 4. The smallest absolute Gasteiger partial charge is 0.170 e. The second-order valence-electron chi connectivity index (χ2n) is 10.6. The number of ketones is 1. The number of carbonyl (C=O) groups is 1. The molecule has 3 atom stereocenters. The first-order valence-corrected chi connectivity index (χ1v) is 13.6. The van der Waals surface area contributed by atoms with Crippen molar-refractivity contribution in [3.8, 4) is 34.5 Å². The van der Waals surface area contributed by atoms with E-state index < -0.39 is 23.2 Å². The number of hydrogen-bond donors (Lipinski definition) is 5. The van der Waals surface area contributed by atoms with Crippen LogP contribution in [-0.4, -0.2) is 38.4 Å². The van der Waals surface area contributed by atoms with Crippen LogP contribution in [0.15, 0.2) is 78.9 Å². The van der Waals surface area contributed by atoms with E-state index >= 15 is 0 Å². The number of hydrogen-bond acceptors (Lipinski definition) is 7. The summed E-state index contributed by atoms with van der Waals surface area (Å²) in [6, 6.07) is 21.9. The normalized spacial score (nSPS) is 13.3. The molecule has 4 aromatic carbocycles. The number of aromatic hydroxyl groups is 5. The van der Waals surface area contributed by atoms with Gasteiger partial charge in [-0.25, -0.2) is 0 Å². The van der Waals surface area contributed by atoms with Crippen LogP contribution >= 0.6 is 0 Å². The number of aryl methyl sites for hydroxylation is 1. The summed E-state index contributed by atoms with van der Waals surface area (Å²) in [5.74, 6) is -1.48. The fourth-order valence-corrected chi connectivity index (χ4v) is 5.35. The zero-order chi connectivity index (χ0) is 29.7. The molecule has 7 heteroatoms. The van der Waals surface area contributed by atoms with Crippen molar-refractivity contribution in [3.63, 3.8) is 0 Å². The topological polar surface area (TPSA) is 127 Å². The van der Waals surface area contributed by atoms with Crippen LogP contribution in [-0.2, 0) is 12.8 Å². The number of rotatable bonds is 11. The third-order valence-corrected chi connectivity index (χ3v) is 7.86. The summed E-state index contributed by atoms with van der Waals surface area (Å²) in [6.07, 6.45) is 1.08.